The predicted octanol–water partition coefficient (Wildman–Crippen LogP) is 3.58. The van der Waals surface area contributed by atoms with Crippen LogP contribution in [-0.2, 0) is 16.6 Å². The second-order valence-corrected chi connectivity index (χ2v) is 8.92. The second-order valence-electron chi connectivity index (χ2n) is 6.43. The number of rotatable bonds is 5. The standard InChI is InChI=1S/C15H23BrN2O2S/c1-11-14(21(19,20)17-13-7-8-13)9-15(16)18(11)10-12-5-3-2-4-6-12/h9,12-13,17H,2-8,10H2,1H3. The Morgan fingerprint density at radius 1 is 1.24 bits per heavy atom. The molecule has 6 heteroatoms. The fourth-order valence-electron chi connectivity index (χ4n) is 3.19. The topological polar surface area (TPSA) is 51.1 Å². The quantitative estimate of drug-likeness (QED) is 0.855. The lowest BCUT2D eigenvalue weighted by Gasteiger charge is -2.23. The van der Waals surface area contributed by atoms with E-state index in [9.17, 15) is 8.42 Å². The number of hydrogen-bond acceptors (Lipinski definition) is 2. The van der Waals surface area contributed by atoms with Crippen LogP contribution < -0.4 is 4.72 Å². The number of aromatic nitrogens is 1. The first-order valence-corrected chi connectivity index (χ1v) is 10.1. The molecule has 0 aromatic carbocycles. The van der Waals surface area contributed by atoms with Crippen LogP contribution in [0.3, 0.4) is 0 Å². The van der Waals surface area contributed by atoms with Crippen LogP contribution in [0.2, 0.25) is 0 Å². The van der Waals surface area contributed by atoms with Gasteiger partial charge in [0.25, 0.3) is 0 Å². The third-order valence-electron chi connectivity index (χ3n) is 4.62. The second kappa shape index (κ2) is 6.05. The van der Waals surface area contributed by atoms with Gasteiger partial charge in [-0.1, -0.05) is 19.3 Å². The van der Waals surface area contributed by atoms with Crippen molar-refractivity contribution in [3.8, 4) is 0 Å². The van der Waals surface area contributed by atoms with Crippen molar-refractivity contribution in [1.82, 2.24) is 9.29 Å². The van der Waals surface area contributed by atoms with E-state index in [1.807, 2.05) is 6.92 Å². The maximum absolute atomic E-state index is 12.4. The smallest absolute Gasteiger partial charge is 0.242 e. The Morgan fingerprint density at radius 2 is 1.90 bits per heavy atom. The number of halogens is 1. The van der Waals surface area contributed by atoms with Gasteiger partial charge in [0, 0.05) is 18.3 Å². The van der Waals surface area contributed by atoms with Gasteiger partial charge in [0.2, 0.25) is 10.0 Å². The third-order valence-corrected chi connectivity index (χ3v) is 6.92. The zero-order chi connectivity index (χ0) is 15.0. The minimum Gasteiger partial charge on any atom is -0.338 e. The summed E-state index contributed by atoms with van der Waals surface area (Å²) in [6.45, 7) is 2.83. The summed E-state index contributed by atoms with van der Waals surface area (Å²) in [6.07, 6.45) is 8.38. The van der Waals surface area contributed by atoms with Crippen LogP contribution in [0.25, 0.3) is 0 Å². The minimum atomic E-state index is -3.37. The summed E-state index contributed by atoms with van der Waals surface area (Å²) in [5, 5.41) is 0. The van der Waals surface area contributed by atoms with E-state index in [2.05, 4.69) is 25.2 Å². The molecule has 1 N–H and O–H groups in total. The highest BCUT2D eigenvalue weighted by Crippen LogP contribution is 2.31. The molecule has 0 spiro atoms. The number of hydrogen-bond donors (Lipinski definition) is 1. The first-order chi connectivity index (χ1) is 9.97. The van der Waals surface area contributed by atoms with Crippen molar-refractivity contribution in [2.75, 3.05) is 0 Å². The summed E-state index contributed by atoms with van der Waals surface area (Å²) in [5.74, 6) is 0.674. The summed E-state index contributed by atoms with van der Waals surface area (Å²) in [5.41, 5.74) is 0.848. The Kier molecular flexibility index (Phi) is 4.48. The van der Waals surface area contributed by atoms with E-state index in [0.29, 0.717) is 10.8 Å². The van der Waals surface area contributed by atoms with Crippen LogP contribution in [0, 0.1) is 12.8 Å². The first-order valence-electron chi connectivity index (χ1n) is 7.85. The Labute approximate surface area is 135 Å². The molecule has 0 unspecified atom stereocenters. The van der Waals surface area contributed by atoms with Gasteiger partial charge >= 0.3 is 0 Å². The van der Waals surface area contributed by atoms with Crippen molar-refractivity contribution in [3.63, 3.8) is 0 Å². The zero-order valence-corrected chi connectivity index (χ0v) is 14.8. The Hall–Kier alpha value is -0.330. The van der Waals surface area contributed by atoms with Crippen molar-refractivity contribution >= 4 is 26.0 Å². The van der Waals surface area contributed by atoms with Crippen LogP contribution in [0.1, 0.15) is 50.6 Å². The van der Waals surface area contributed by atoms with Crippen molar-refractivity contribution in [2.45, 2.75) is 69.4 Å². The molecule has 4 nitrogen and oxygen atoms in total. The van der Waals surface area contributed by atoms with Gasteiger partial charge in [-0.15, -0.1) is 0 Å². The molecule has 2 saturated carbocycles. The highest BCUT2D eigenvalue weighted by atomic mass is 79.9. The highest BCUT2D eigenvalue weighted by molar-refractivity contribution is 9.10. The van der Waals surface area contributed by atoms with E-state index in [0.717, 1.165) is 29.7 Å². The fraction of sp³-hybridized carbons (Fsp3) is 0.733. The molecule has 3 rings (SSSR count). The normalized spacial score (nSPS) is 20.9. The third kappa shape index (κ3) is 3.54. The van der Waals surface area contributed by atoms with Crippen molar-refractivity contribution in [3.05, 3.63) is 16.4 Å². The van der Waals surface area contributed by atoms with Crippen molar-refractivity contribution in [1.29, 1.82) is 0 Å². The maximum atomic E-state index is 12.4. The molecule has 2 aliphatic carbocycles. The van der Waals surface area contributed by atoms with E-state index in [-0.39, 0.29) is 6.04 Å². The molecule has 0 saturated heterocycles. The molecule has 1 aromatic heterocycles. The molecule has 21 heavy (non-hydrogen) atoms. The molecule has 118 valence electrons. The van der Waals surface area contributed by atoms with E-state index >= 15 is 0 Å². The Bertz CT molecular complexity index is 614. The average molecular weight is 375 g/mol. The van der Waals surface area contributed by atoms with E-state index in [1.165, 1.54) is 32.1 Å². The van der Waals surface area contributed by atoms with Gasteiger partial charge in [0.1, 0.15) is 4.90 Å². The number of nitrogens with zero attached hydrogens (tertiary/aromatic N) is 1. The predicted molar refractivity (Wildman–Crippen MR) is 86.8 cm³/mol. The van der Waals surface area contributed by atoms with Crippen molar-refractivity contribution in [2.24, 2.45) is 5.92 Å². The van der Waals surface area contributed by atoms with E-state index < -0.39 is 10.0 Å². The van der Waals surface area contributed by atoms with Gasteiger partial charge in [-0.3, -0.25) is 0 Å². The van der Waals surface area contributed by atoms with Gasteiger partial charge in [0.05, 0.1) is 4.60 Å². The summed E-state index contributed by atoms with van der Waals surface area (Å²) in [6, 6.07) is 1.90. The highest BCUT2D eigenvalue weighted by Gasteiger charge is 2.30. The molecule has 0 bridgehead atoms. The monoisotopic (exact) mass is 374 g/mol. The van der Waals surface area contributed by atoms with Crippen LogP contribution in [-0.4, -0.2) is 19.0 Å². The molecular formula is C15H23BrN2O2S. The van der Waals surface area contributed by atoms with Gasteiger partial charge in [0.15, 0.2) is 0 Å². The summed E-state index contributed by atoms with van der Waals surface area (Å²) < 4.78 is 30.6. The largest absolute Gasteiger partial charge is 0.338 e. The zero-order valence-electron chi connectivity index (χ0n) is 12.4. The van der Waals surface area contributed by atoms with Crippen LogP contribution >= 0.6 is 15.9 Å². The van der Waals surface area contributed by atoms with Gasteiger partial charge in [-0.25, -0.2) is 13.1 Å². The summed E-state index contributed by atoms with van der Waals surface area (Å²) >= 11 is 3.54. The van der Waals surface area contributed by atoms with Crippen LogP contribution in [0.5, 0.6) is 0 Å². The molecule has 0 amide bonds. The van der Waals surface area contributed by atoms with Crippen molar-refractivity contribution < 1.29 is 8.42 Å². The molecule has 1 heterocycles. The molecule has 2 fully saturated rings. The minimum absolute atomic E-state index is 0.148. The molecule has 0 aliphatic heterocycles. The summed E-state index contributed by atoms with van der Waals surface area (Å²) in [7, 11) is -3.37. The van der Waals surface area contributed by atoms with E-state index in [1.54, 1.807) is 6.07 Å². The van der Waals surface area contributed by atoms with Gasteiger partial charge < -0.3 is 4.57 Å². The molecule has 2 aliphatic rings. The Balaban J connectivity index is 1.81. The van der Waals surface area contributed by atoms with Gasteiger partial charge in [-0.05, 0) is 60.5 Å². The molecule has 1 aromatic rings. The SMILES string of the molecule is Cc1c(S(=O)(=O)NC2CC2)cc(Br)n1CC1CCCCC1. The number of sulfonamides is 1. The van der Waals surface area contributed by atoms with E-state index in [4.69, 9.17) is 0 Å². The first kappa shape index (κ1) is 15.6. The lowest BCUT2D eigenvalue weighted by molar-refractivity contribution is 0.315. The lowest BCUT2D eigenvalue weighted by atomic mass is 9.89. The molecule has 0 radical (unpaired) electrons. The molecular weight excluding hydrogens is 352 g/mol. The Morgan fingerprint density at radius 3 is 2.52 bits per heavy atom. The number of nitrogens with one attached hydrogen (secondary N) is 1. The van der Waals surface area contributed by atoms with Crippen LogP contribution in [0.15, 0.2) is 15.6 Å². The molecule has 0 atom stereocenters. The van der Waals surface area contributed by atoms with Crippen LogP contribution in [0.4, 0.5) is 0 Å². The maximum Gasteiger partial charge on any atom is 0.242 e. The van der Waals surface area contributed by atoms with Gasteiger partial charge in [-0.2, -0.15) is 0 Å². The summed E-state index contributed by atoms with van der Waals surface area (Å²) in [4.78, 5) is 0.428. The lowest BCUT2D eigenvalue weighted by Crippen LogP contribution is -2.26. The average Bonchev–Trinajstić information content (AvgIpc) is 3.20. The fourth-order valence-corrected chi connectivity index (χ4v) is 5.55.